The Morgan fingerprint density at radius 2 is 1.69 bits per heavy atom. The van der Waals surface area contributed by atoms with Crippen LogP contribution in [0.25, 0.3) is 49.0 Å². The number of aryl methyl sites for hydroxylation is 3. The quantitative estimate of drug-likeness (QED) is 0.151. The molecule has 0 radical (unpaired) electrons. The molecule has 32 heavy (non-hydrogen) atoms. The van der Waals surface area contributed by atoms with Gasteiger partial charge in [0.15, 0.2) is 6.20 Å². The van der Waals surface area contributed by atoms with Gasteiger partial charge in [-0.05, 0) is 78.1 Å². The molecule has 3 aromatic carbocycles. The minimum Gasteiger partial charge on any atom is -0.307 e. The Kier molecular flexibility index (Phi) is 3.77. The zero-order valence-electron chi connectivity index (χ0n) is 19.6. The Labute approximate surface area is 187 Å². The third-order valence-electron chi connectivity index (χ3n) is 7.02. The standard InChI is InChI=1S/C29H28FN2/c1-16-11-22-21-8-7-20(30)14-23(21)32-24-13-18(15-29(3,4)5)12-19-9-10-31(6)28(26(19)24)25(17(16)2)27(22)32/h7-14H,15H2,1-6H3/q+1. The van der Waals surface area contributed by atoms with E-state index in [2.05, 4.69) is 81.1 Å². The summed E-state index contributed by atoms with van der Waals surface area (Å²) in [5.74, 6) is -0.196. The van der Waals surface area contributed by atoms with Gasteiger partial charge in [0.1, 0.15) is 12.9 Å². The molecular weight excluding hydrogens is 395 g/mol. The number of fused-ring (bicyclic) bond motifs is 5. The summed E-state index contributed by atoms with van der Waals surface area (Å²) in [5.41, 5.74) is 8.60. The van der Waals surface area contributed by atoms with Crippen molar-refractivity contribution < 1.29 is 8.96 Å². The maximum atomic E-state index is 14.5. The monoisotopic (exact) mass is 423 g/mol. The van der Waals surface area contributed by atoms with Crippen LogP contribution in [0, 0.1) is 25.1 Å². The first-order valence-corrected chi connectivity index (χ1v) is 11.3. The van der Waals surface area contributed by atoms with Gasteiger partial charge in [0.25, 0.3) is 0 Å². The van der Waals surface area contributed by atoms with E-state index in [0.29, 0.717) is 0 Å². The van der Waals surface area contributed by atoms with E-state index in [9.17, 15) is 4.39 Å². The summed E-state index contributed by atoms with van der Waals surface area (Å²) < 4.78 is 19.1. The van der Waals surface area contributed by atoms with Gasteiger partial charge in [-0.15, -0.1) is 0 Å². The lowest BCUT2D eigenvalue weighted by atomic mass is 9.87. The molecule has 0 aliphatic rings. The minimum absolute atomic E-state index is 0.184. The molecule has 0 unspecified atom stereocenters. The zero-order chi connectivity index (χ0) is 22.5. The lowest BCUT2D eigenvalue weighted by Gasteiger charge is -2.20. The number of aromatic nitrogens is 2. The van der Waals surface area contributed by atoms with Crippen LogP contribution in [0.15, 0.2) is 48.7 Å². The number of rotatable bonds is 1. The van der Waals surface area contributed by atoms with Crippen molar-refractivity contribution in [3.8, 4) is 0 Å². The van der Waals surface area contributed by atoms with E-state index >= 15 is 0 Å². The van der Waals surface area contributed by atoms with Crippen molar-refractivity contribution in [3.05, 3.63) is 71.2 Å². The third kappa shape index (κ3) is 2.54. The Hall–Kier alpha value is -3.20. The summed E-state index contributed by atoms with van der Waals surface area (Å²) in [5, 5.41) is 6.06. The van der Waals surface area contributed by atoms with Crippen molar-refractivity contribution in [2.45, 2.75) is 41.0 Å². The Balaban J connectivity index is 1.99. The number of pyridine rings is 2. The molecule has 2 nitrogen and oxygen atoms in total. The summed E-state index contributed by atoms with van der Waals surface area (Å²) in [4.78, 5) is 0. The van der Waals surface area contributed by atoms with E-state index < -0.39 is 0 Å². The number of nitrogens with zero attached hydrogens (tertiary/aromatic N) is 2. The van der Waals surface area contributed by atoms with E-state index in [1.165, 1.54) is 49.3 Å². The summed E-state index contributed by atoms with van der Waals surface area (Å²) in [6.07, 6.45) is 3.16. The van der Waals surface area contributed by atoms with Gasteiger partial charge in [0.2, 0.25) is 5.52 Å². The molecule has 0 saturated heterocycles. The van der Waals surface area contributed by atoms with Gasteiger partial charge in [-0.1, -0.05) is 26.8 Å². The first-order chi connectivity index (χ1) is 15.1. The molecule has 3 heteroatoms. The molecule has 3 aromatic heterocycles. The van der Waals surface area contributed by atoms with Crippen LogP contribution in [0.3, 0.4) is 0 Å². The van der Waals surface area contributed by atoms with Gasteiger partial charge in [0, 0.05) is 16.8 Å². The molecule has 0 bridgehead atoms. The average Bonchev–Trinajstić information content (AvgIpc) is 3.02. The number of hydrogen-bond donors (Lipinski definition) is 0. The third-order valence-corrected chi connectivity index (χ3v) is 7.02. The van der Waals surface area contributed by atoms with Crippen LogP contribution in [0.1, 0.15) is 37.5 Å². The summed E-state index contributed by atoms with van der Waals surface area (Å²) in [7, 11) is 2.13. The molecule has 0 atom stereocenters. The normalized spacial score (nSPS) is 13.0. The highest BCUT2D eigenvalue weighted by Crippen LogP contribution is 2.42. The Bertz CT molecular complexity index is 1710. The highest BCUT2D eigenvalue weighted by atomic mass is 19.1. The molecule has 0 fully saturated rings. The fourth-order valence-electron chi connectivity index (χ4n) is 5.65. The van der Waals surface area contributed by atoms with Crippen molar-refractivity contribution in [1.82, 2.24) is 4.40 Å². The SMILES string of the molecule is Cc1cc2c3ccc(F)cc3n3c4cc(CC(C)(C)C)cc5cc[n+](C)c(c(c1C)c23)c54. The molecule has 6 rings (SSSR count). The van der Waals surface area contributed by atoms with Crippen molar-refractivity contribution in [2.75, 3.05) is 0 Å². The van der Waals surface area contributed by atoms with Crippen molar-refractivity contribution in [1.29, 1.82) is 0 Å². The highest BCUT2D eigenvalue weighted by Gasteiger charge is 2.25. The van der Waals surface area contributed by atoms with Gasteiger partial charge in [-0.3, -0.25) is 0 Å². The van der Waals surface area contributed by atoms with Crippen LogP contribution in [-0.2, 0) is 13.5 Å². The van der Waals surface area contributed by atoms with Gasteiger partial charge in [-0.2, -0.15) is 0 Å². The predicted octanol–water partition coefficient (Wildman–Crippen LogP) is 7.16. The predicted molar refractivity (Wildman–Crippen MR) is 132 cm³/mol. The summed E-state index contributed by atoms with van der Waals surface area (Å²) in [6, 6.07) is 14.4. The van der Waals surface area contributed by atoms with Crippen LogP contribution in [0.4, 0.5) is 4.39 Å². The molecule has 6 aromatic rings. The van der Waals surface area contributed by atoms with Crippen LogP contribution in [0.2, 0.25) is 0 Å². The van der Waals surface area contributed by atoms with E-state index in [1.807, 2.05) is 6.07 Å². The average molecular weight is 424 g/mol. The first kappa shape index (κ1) is 19.5. The summed E-state index contributed by atoms with van der Waals surface area (Å²) in [6.45, 7) is 11.2. The fourth-order valence-corrected chi connectivity index (χ4v) is 5.65. The lowest BCUT2D eigenvalue weighted by molar-refractivity contribution is -0.643. The van der Waals surface area contributed by atoms with Crippen LogP contribution in [-0.4, -0.2) is 4.40 Å². The molecule has 3 heterocycles. The largest absolute Gasteiger partial charge is 0.307 e. The fraction of sp³-hybridized carbons (Fsp3) is 0.276. The smallest absolute Gasteiger partial charge is 0.224 e. The molecule has 0 N–H and O–H groups in total. The summed E-state index contributed by atoms with van der Waals surface area (Å²) >= 11 is 0. The first-order valence-electron chi connectivity index (χ1n) is 11.3. The number of benzene rings is 3. The number of hydrogen-bond acceptors (Lipinski definition) is 0. The van der Waals surface area contributed by atoms with E-state index in [1.54, 1.807) is 12.1 Å². The van der Waals surface area contributed by atoms with Crippen LogP contribution < -0.4 is 4.57 Å². The van der Waals surface area contributed by atoms with Crippen molar-refractivity contribution >= 4 is 49.0 Å². The molecule has 160 valence electrons. The maximum absolute atomic E-state index is 14.5. The minimum atomic E-state index is -0.196. The molecular formula is C29H28FN2+. The van der Waals surface area contributed by atoms with Crippen molar-refractivity contribution in [2.24, 2.45) is 12.5 Å². The highest BCUT2D eigenvalue weighted by molar-refractivity contribution is 6.26. The van der Waals surface area contributed by atoms with Crippen LogP contribution in [0.5, 0.6) is 0 Å². The molecule has 0 saturated carbocycles. The molecule has 0 aliphatic heterocycles. The van der Waals surface area contributed by atoms with E-state index in [4.69, 9.17) is 0 Å². The second kappa shape index (κ2) is 6.19. The van der Waals surface area contributed by atoms with Gasteiger partial charge in [-0.25, -0.2) is 8.96 Å². The zero-order valence-corrected chi connectivity index (χ0v) is 19.6. The topological polar surface area (TPSA) is 8.29 Å². The van der Waals surface area contributed by atoms with Gasteiger partial charge in [0.05, 0.1) is 27.3 Å². The number of halogens is 1. The Morgan fingerprint density at radius 1 is 0.906 bits per heavy atom. The maximum Gasteiger partial charge on any atom is 0.224 e. The van der Waals surface area contributed by atoms with E-state index in [0.717, 1.165) is 22.8 Å². The lowest BCUT2D eigenvalue weighted by Crippen LogP contribution is -2.29. The molecule has 0 amide bonds. The second-order valence-corrected chi connectivity index (χ2v) is 10.7. The van der Waals surface area contributed by atoms with E-state index in [-0.39, 0.29) is 11.2 Å². The van der Waals surface area contributed by atoms with Gasteiger partial charge < -0.3 is 4.40 Å². The molecule has 0 spiro atoms. The molecule has 0 aliphatic carbocycles. The Morgan fingerprint density at radius 3 is 2.44 bits per heavy atom. The van der Waals surface area contributed by atoms with Crippen molar-refractivity contribution in [3.63, 3.8) is 0 Å². The van der Waals surface area contributed by atoms with Crippen LogP contribution >= 0.6 is 0 Å². The van der Waals surface area contributed by atoms with Gasteiger partial charge >= 0.3 is 0 Å². The second-order valence-electron chi connectivity index (χ2n) is 10.7.